The highest BCUT2D eigenvalue weighted by Gasteiger charge is 2.21. The summed E-state index contributed by atoms with van der Waals surface area (Å²) in [5.41, 5.74) is 4.31. The summed E-state index contributed by atoms with van der Waals surface area (Å²) in [7, 11) is 0. The van der Waals surface area contributed by atoms with Crippen molar-refractivity contribution >= 4 is 45.9 Å². The predicted molar refractivity (Wildman–Crippen MR) is 125 cm³/mol. The second-order valence-electron chi connectivity index (χ2n) is 7.50. The summed E-state index contributed by atoms with van der Waals surface area (Å²) in [4.78, 5) is 22.9. The summed E-state index contributed by atoms with van der Waals surface area (Å²) < 4.78 is 0. The zero-order valence-electron chi connectivity index (χ0n) is 17.2. The molecule has 1 N–H and O–H groups in total. The van der Waals surface area contributed by atoms with Gasteiger partial charge in [-0.05, 0) is 36.8 Å². The third-order valence-corrected chi connectivity index (χ3v) is 5.85. The summed E-state index contributed by atoms with van der Waals surface area (Å²) in [5, 5.41) is 4.05. The van der Waals surface area contributed by atoms with E-state index in [0.717, 1.165) is 37.4 Å². The van der Waals surface area contributed by atoms with Crippen molar-refractivity contribution in [2.24, 2.45) is 0 Å². The SMILES string of the molecule is Cc1ccc(Nc2nc(N3CCN(c4ccccc4)CC3)nc3nccnc23)cc1Cl. The van der Waals surface area contributed by atoms with Crippen LogP contribution in [0.1, 0.15) is 5.56 Å². The highest BCUT2D eigenvalue weighted by Crippen LogP contribution is 2.27. The number of fused-ring (bicyclic) bond motifs is 1. The number of nitrogens with one attached hydrogen (secondary N) is 1. The van der Waals surface area contributed by atoms with Crippen LogP contribution in [0.4, 0.5) is 23.1 Å². The maximum absolute atomic E-state index is 6.30. The number of nitrogens with zero attached hydrogens (tertiary/aromatic N) is 6. The van der Waals surface area contributed by atoms with Gasteiger partial charge in [0.25, 0.3) is 0 Å². The minimum absolute atomic E-state index is 0.568. The van der Waals surface area contributed by atoms with Crippen LogP contribution in [0.15, 0.2) is 60.9 Å². The van der Waals surface area contributed by atoms with Crippen molar-refractivity contribution in [1.82, 2.24) is 19.9 Å². The second-order valence-corrected chi connectivity index (χ2v) is 7.91. The van der Waals surface area contributed by atoms with Gasteiger partial charge >= 0.3 is 0 Å². The lowest BCUT2D eigenvalue weighted by atomic mass is 10.2. The van der Waals surface area contributed by atoms with Gasteiger partial charge in [-0.1, -0.05) is 35.9 Å². The normalized spacial score (nSPS) is 14.1. The Kier molecular flexibility index (Phi) is 5.26. The average molecular weight is 432 g/mol. The molecule has 0 atom stereocenters. The molecule has 31 heavy (non-hydrogen) atoms. The Morgan fingerprint density at radius 3 is 2.39 bits per heavy atom. The van der Waals surface area contributed by atoms with Crippen LogP contribution < -0.4 is 15.1 Å². The van der Waals surface area contributed by atoms with Crippen LogP contribution in [-0.2, 0) is 0 Å². The third kappa shape index (κ3) is 4.09. The molecule has 0 amide bonds. The number of anilines is 4. The van der Waals surface area contributed by atoms with E-state index in [1.807, 2.05) is 31.2 Å². The van der Waals surface area contributed by atoms with Crippen LogP contribution >= 0.6 is 11.6 Å². The molecule has 7 nitrogen and oxygen atoms in total. The van der Waals surface area contributed by atoms with E-state index in [1.54, 1.807) is 12.4 Å². The first-order chi connectivity index (χ1) is 15.2. The molecule has 0 unspecified atom stereocenters. The molecule has 2 aromatic heterocycles. The zero-order valence-corrected chi connectivity index (χ0v) is 17.9. The molecule has 3 heterocycles. The predicted octanol–water partition coefficient (Wildman–Crippen LogP) is 4.45. The average Bonchev–Trinajstić information content (AvgIpc) is 2.82. The molecule has 0 bridgehead atoms. The van der Waals surface area contributed by atoms with Gasteiger partial charge in [0, 0.05) is 55.0 Å². The summed E-state index contributed by atoms with van der Waals surface area (Å²) in [6.07, 6.45) is 3.30. The number of rotatable bonds is 4. The maximum Gasteiger partial charge on any atom is 0.229 e. The zero-order chi connectivity index (χ0) is 21.2. The molecule has 4 aromatic rings. The second kappa shape index (κ2) is 8.35. The molecular weight excluding hydrogens is 410 g/mol. The van der Waals surface area contributed by atoms with Crippen molar-refractivity contribution in [3.8, 4) is 0 Å². The first-order valence-electron chi connectivity index (χ1n) is 10.2. The molecule has 1 aliphatic rings. The molecule has 1 saturated heterocycles. The van der Waals surface area contributed by atoms with Crippen LogP contribution in [0, 0.1) is 6.92 Å². The van der Waals surface area contributed by atoms with E-state index >= 15 is 0 Å². The topological polar surface area (TPSA) is 70.1 Å². The van der Waals surface area contributed by atoms with Crippen molar-refractivity contribution in [2.45, 2.75) is 6.92 Å². The van der Waals surface area contributed by atoms with Gasteiger partial charge < -0.3 is 15.1 Å². The number of aryl methyl sites for hydroxylation is 1. The number of halogens is 1. The van der Waals surface area contributed by atoms with Gasteiger partial charge in [0.15, 0.2) is 17.0 Å². The van der Waals surface area contributed by atoms with Crippen molar-refractivity contribution in [1.29, 1.82) is 0 Å². The molecule has 0 aliphatic carbocycles. The van der Waals surface area contributed by atoms with Crippen LogP contribution in [0.3, 0.4) is 0 Å². The molecule has 0 spiro atoms. The van der Waals surface area contributed by atoms with Gasteiger partial charge in [0.2, 0.25) is 5.95 Å². The molecule has 0 radical (unpaired) electrons. The minimum atomic E-state index is 0.568. The van der Waals surface area contributed by atoms with E-state index in [0.29, 0.717) is 28.0 Å². The molecule has 1 fully saturated rings. The number of aromatic nitrogens is 4. The lowest BCUT2D eigenvalue weighted by molar-refractivity contribution is 0.641. The number of piperazine rings is 1. The monoisotopic (exact) mass is 431 g/mol. The Morgan fingerprint density at radius 1 is 0.871 bits per heavy atom. The van der Waals surface area contributed by atoms with E-state index in [2.05, 4.69) is 54.3 Å². The minimum Gasteiger partial charge on any atom is -0.368 e. The Bertz CT molecular complexity index is 1210. The van der Waals surface area contributed by atoms with Gasteiger partial charge in [-0.2, -0.15) is 9.97 Å². The van der Waals surface area contributed by atoms with Gasteiger partial charge in [0.1, 0.15) is 0 Å². The van der Waals surface area contributed by atoms with Crippen LogP contribution in [0.25, 0.3) is 11.2 Å². The largest absolute Gasteiger partial charge is 0.368 e. The first-order valence-corrected chi connectivity index (χ1v) is 10.6. The lowest BCUT2D eigenvalue weighted by Crippen LogP contribution is -2.47. The molecule has 8 heteroatoms. The van der Waals surface area contributed by atoms with E-state index in [-0.39, 0.29) is 0 Å². The van der Waals surface area contributed by atoms with E-state index < -0.39 is 0 Å². The van der Waals surface area contributed by atoms with Crippen LogP contribution in [0.5, 0.6) is 0 Å². The summed E-state index contributed by atoms with van der Waals surface area (Å²) in [6.45, 7) is 5.45. The Morgan fingerprint density at radius 2 is 1.61 bits per heavy atom. The molecule has 1 aliphatic heterocycles. The summed E-state index contributed by atoms with van der Waals surface area (Å²) >= 11 is 6.30. The third-order valence-electron chi connectivity index (χ3n) is 5.44. The molecule has 2 aromatic carbocycles. The summed E-state index contributed by atoms with van der Waals surface area (Å²) in [6, 6.07) is 16.3. The quantitative estimate of drug-likeness (QED) is 0.511. The van der Waals surface area contributed by atoms with Gasteiger partial charge in [-0.15, -0.1) is 0 Å². The van der Waals surface area contributed by atoms with Crippen LogP contribution in [0.2, 0.25) is 5.02 Å². The van der Waals surface area contributed by atoms with Gasteiger partial charge in [-0.25, -0.2) is 9.97 Å². The van der Waals surface area contributed by atoms with Crippen molar-refractivity contribution in [3.63, 3.8) is 0 Å². The standard InChI is InChI=1S/C23H22ClN7/c1-16-7-8-17(15-19(16)24)27-22-20-21(26-10-9-25-20)28-23(29-22)31-13-11-30(12-14-31)18-5-3-2-4-6-18/h2-10,15H,11-14H2,1H3,(H,26,27,28,29). The maximum atomic E-state index is 6.30. The first kappa shape index (κ1) is 19.5. The number of benzene rings is 2. The highest BCUT2D eigenvalue weighted by molar-refractivity contribution is 6.31. The van der Waals surface area contributed by atoms with Gasteiger partial charge in [0.05, 0.1) is 0 Å². The Labute approximate surface area is 185 Å². The van der Waals surface area contributed by atoms with E-state index in [9.17, 15) is 0 Å². The van der Waals surface area contributed by atoms with Crippen molar-refractivity contribution in [3.05, 3.63) is 71.5 Å². The molecular formula is C23H22ClN7. The smallest absolute Gasteiger partial charge is 0.229 e. The summed E-state index contributed by atoms with van der Waals surface area (Å²) in [5.74, 6) is 1.28. The van der Waals surface area contributed by atoms with Crippen molar-refractivity contribution in [2.75, 3.05) is 41.3 Å². The lowest BCUT2D eigenvalue weighted by Gasteiger charge is -2.36. The van der Waals surface area contributed by atoms with E-state index in [4.69, 9.17) is 16.6 Å². The van der Waals surface area contributed by atoms with Crippen LogP contribution in [-0.4, -0.2) is 46.1 Å². The molecule has 0 saturated carbocycles. The van der Waals surface area contributed by atoms with Gasteiger partial charge in [-0.3, -0.25) is 0 Å². The fourth-order valence-corrected chi connectivity index (χ4v) is 3.87. The number of hydrogen-bond donors (Lipinski definition) is 1. The highest BCUT2D eigenvalue weighted by atomic mass is 35.5. The van der Waals surface area contributed by atoms with E-state index in [1.165, 1.54) is 5.69 Å². The van der Waals surface area contributed by atoms with Crippen molar-refractivity contribution < 1.29 is 0 Å². The molecule has 5 rings (SSSR count). The number of hydrogen-bond acceptors (Lipinski definition) is 7. The number of para-hydroxylation sites is 1. The Hall–Kier alpha value is -3.45. The fraction of sp³-hybridized carbons (Fsp3) is 0.217. The fourth-order valence-electron chi connectivity index (χ4n) is 3.69. The molecule has 156 valence electrons. The Balaban J connectivity index is 1.42.